The minimum atomic E-state index is -5.08. The lowest BCUT2D eigenvalue weighted by molar-refractivity contribution is -0.192. The molecule has 10 heteroatoms. The molecule has 0 unspecified atom stereocenters. The Bertz CT molecular complexity index is 440. The molecule has 0 aliphatic heterocycles. The summed E-state index contributed by atoms with van der Waals surface area (Å²) in [5.41, 5.74) is 3.36. The lowest BCUT2D eigenvalue weighted by atomic mass is 10.1. The van der Waals surface area contributed by atoms with E-state index in [1.165, 1.54) is 0 Å². The highest BCUT2D eigenvalue weighted by Gasteiger charge is 2.38. The summed E-state index contributed by atoms with van der Waals surface area (Å²) in [5.74, 6) is 3.27. The van der Waals surface area contributed by atoms with E-state index >= 15 is 0 Å². The summed E-state index contributed by atoms with van der Waals surface area (Å²) in [4.78, 5) is 8.90. The van der Waals surface area contributed by atoms with Gasteiger partial charge in [-0.2, -0.15) is 13.2 Å². The highest BCUT2D eigenvalue weighted by molar-refractivity contribution is 6.30. The SMILES string of the molecule is CC(C)c1cc(NN)nnc1Cl.O=C(O)C(F)(F)F. The smallest absolute Gasteiger partial charge is 0.475 e. The predicted molar refractivity (Wildman–Crippen MR) is 62.6 cm³/mol. The first-order valence-corrected chi connectivity index (χ1v) is 5.27. The number of carboxylic acid groups (broad SMARTS) is 1. The van der Waals surface area contributed by atoms with E-state index in [1.807, 2.05) is 13.8 Å². The summed E-state index contributed by atoms with van der Waals surface area (Å²) in [7, 11) is 0. The maximum atomic E-state index is 10.6. The van der Waals surface area contributed by atoms with Crippen molar-refractivity contribution in [3.05, 3.63) is 16.8 Å². The van der Waals surface area contributed by atoms with Crippen molar-refractivity contribution < 1.29 is 23.1 Å². The van der Waals surface area contributed by atoms with E-state index in [0.717, 1.165) is 5.56 Å². The van der Waals surface area contributed by atoms with Crippen molar-refractivity contribution in [1.29, 1.82) is 0 Å². The van der Waals surface area contributed by atoms with E-state index in [4.69, 9.17) is 27.3 Å². The number of anilines is 1. The maximum absolute atomic E-state index is 10.6. The number of nitrogens with one attached hydrogen (secondary N) is 1. The molecule has 0 aromatic carbocycles. The fraction of sp³-hybridized carbons (Fsp3) is 0.444. The molecule has 0 saturated carbocycles. The number of rotatable bonds is 2. The Morgan fingerprint density at radius 2 is 1.95 bits per heavy atom. The number of hydrogen-bond acceptors (Lipinski definition) is 5. The van der Waals surface area contributed by atoms with Crippen LogP contribution in [0.5, 0.6) is 0 Å². The Kier molecular flexibility index (Phi) is 6.49. The molecule has 1 heterocycles. The lowest BCUT2D eigenvalue weighted by Crippen LogP contribution is -2.21. The van der Waals surface area contributed by atoms with Gasteiger partial charge in [0.2, 0.25) is 0 Å². The van der Waals surface area contributed by atoms with Gasteiger partial charge < -0.3 is 10.5 Å². The van der Waals surface area contributed by atoms with Crippen molar-refractivity contribution >= 4 is 23.4 Å². The lowest BCUT2D eigenvalue weighted by Gasteiger charge is -2.07. The number of nitrogens with zero attached hydrogens (tertiary/aromatic N) is 2. The van der Waals surface area contributed by atoms with Gasteiger partial charge in [0.1, 0.15) is 0 Å². The molecule has 1 aromatic heterocycles. The van der Waals surface area contributed by atoms with Crippen LogP contribution in [0.2, 0.25) is 5.15 Å². The van der Waals surface area contributed by atoms with Crippen LogP contribution in [0.4, 0.5) is 19.0 Å². The van der Waals surface area contributed by atoms with Crippen LogP contribution in [-0.4, -0.2) is 27.4 Å². The number of hydrogen-bond donors (Lipinski definition) is 3. The van der Waals surface area contributed by atoms with Gasteiger partial charge in [-0.1, -0.05) is 25.4 Å². The van der Waals surface area contributed by atoms with E-state index in [2.05, 4.69) is 15.6 Å². The molecular weight excluding hydrogens is 289 g/mol. The minimum absolute atomic E-state index is 0.320. The van der Waals surface area contributed by atoms with Crippen molar-refractivity contribution in [2.45, 2.75) is 25.9 Å². The quantitative estimate of drug-likeness (QED) is 0.571. The van der Waals surface area contributed by atoms with Crippen molar-refractivity contribution in [3.63, 3.8) is 0 Å². The number of nitrogen functional groups attached to an aromatic ring is 1. The number of hydrazine groups is 1. The molecule has 0 bridgehead atoms. The van der Waals surface area contributed by atoms with Crippen molar-refractivity contribution in [2.24, 2.45) is 5.84 Å². The van der Waals surface area contributed by atoms with Crippen LogP contribution in [0.3, 0.4) is 0 Å². The third-order valence-corrected chi connectivity index (χ3v) is 2.08. The van der Waals surface area contributed by atoms with E-state index in [9.17, 15) is 13.2 Å². The first-order chi connectivity index (χ1) is 8.59. The van der Waals surface area contributed by atoms with Gasteiger partial charge in [0.05, 0.1) is 0 Å². The van der Waals surface area contributed by atoms with Gasteiger partial charge in [-0.05, 0) is 17.5 Å². The van der Waals surface area contributed by atoms with Gasteiger partial charge in [0, 0.05) is 0 Å². The second kappa shape index (κ2) is 7.10. The van der Waals surface area contributed by atoms with Crippen LogP contribution in [-0.2, 0) is 4.79 Å². The zero-order valence-electron chi connectivity index (χ0n) is 9.99. The Morgan fingerprint density at radius 3 is 2.26 bits per heavy atom. The summed E-state index contributed by atoms with van der Waals surface area (Å²) in [5, 5.41) is 15.0. The zero-order chi connectivity index (χ0) is 15.2. The molecule has 108 valence electrons. The van der Waals surface area contributed by atoms with Gasteiger partial charge in [0.25, 0.3) is 0 Å². The van der Waals surface area contributed by atoms with Crippen LogP contribution in [0.25, 0.3) is 0 Å². The number of alkyl halides is 3. The van der Waals surface area contributed by atoms with E-state index in [0.29, 0.717) is 16.9 Å². The van der Waals surface area contributed by atoms with Gasteiger partial charge in [-0.15, -0.1) is 10.2 Å². The molecule has 0 atom stereocenters. The number of halogens is 4. The van der Waals surface area contributed by atoms with Crippen LogP contribution in [0.1, 0.15) is 25.3 Å². The van der Waals surface area contributed by atoms with Crippen molar-refractivity contribution in [2.75, 3.05) is 5.43 Å². The van der Waals surface area contributed by atoms with E-state index < -0.39 is 12.1 Å². The van der Waals surface area contributed by atoms with E-state index in [1.54, 1.807) is 6.07 Å². The molecule has 4 N–H and O–H groups in total. The molecule has 0 fully saturated rings. The van der Waals surface area contributed by atoms with Gasteiger partial charge in [-0.25, -0.2) is 10.6 Å². The third-order valence-electron chi connectivity index (χ3n) is 1.79. The van der Waals surface area contributed by atoms with Crippen LogP contribution >= 0.6 is 11.6 Å². The average Bonchev–Trinajstić information content (AvgIpc) is 2.28. The summed E-state index contributed by atoms with van der Waals surface area (Å²) in [6.07, 6.45) is -5.08. The topological polar surface area (TPSA) is 101 Å². The zero-order valence-corrected chi connectivity index (χ0v) is 10.7. The Balaban J connectivity index is 0.000000399. The average molecular weight is 301 g/mol. The molecule has 1 rings (SSSR count). The summed E-state index contributed by atoms with van der Waals surface area (Å²) < 4.78 is 31.7. The molecule has 0 aliphatic carbocycles. The molecule has 6 nitrogen and oxygen atoms in total. The number of nitrogens with two attached hydrogens (primary N) is 1. The van der Waals surface area contributed by atoms with Crippen LogP contribution in [0, 0.1) is 0 Å². The first-order valence-electron chi connectivity index (χ1n) is 4.89. The molecule has 0 saturated heterocycles. The van der Waals surface area contributed by atoms with Gasteiger partial charge >= 0.3 is 12.1 Å². The minimum Gasteiger partial charge on any atom is -0.475 e. The molecule has 0 amide bonds. The highest BCUT2D eigenvalue weighted by atomic mass is 35.5. The second-order valence-electron chi connectivity index (χ2n) is 3.58. The maximum Gasteiger partial charge on any atom is 0.490 e. The normalized spacial score (nSPS) is 10.7. The van der Waals surface area contributed by atoms with E-state index in [-0.39, 0.29) is 0 Å². The first kappa shape index (κ1) is 17.4. The molecule has 19 heavy (non-hydrogen) atoms. The Morgan fingerprint density at radius 1 is 1.47 bits per heavy atom. The number of aliphatic carboxylic acids is 1. The fourth-order valence-corrected chi connectivity index (χ4v) is 1.18. The molecule has 0 radical (unpaired) electrons. The van der Waals surface area contributed by atoms with Crippen LogP contribution in [0.15, 0.2) is 6.07 Å². The predicted octanol–water partition coefficient (Wildman–Crippen LogP) is 2.17. The second-order valence-corrected chi connectivity index (χ2v) is 3.94. The third kappa shape index (κ3) is 6.20. The van der Waals surface area contributed by atoms with Crippen molar-refractivity contribution in [1.82, 2.24) is 10.2 Å². The number of aromatic nitrogens is 2. The highest BCUT2D eigenvalue weighted by Crippen LogP contribution is 2.22. The standard InChI is InChI=1S/C7H11ClN4.C2HF3O2/c1-4(2)5-3-6(10-9)11-12-7(5)8;3-2(4,5)1(6)7/h3-4H,9H2,1-2H3,(H,10,11);(H,6,7). The molecule has 0 aliphatic rings. The molecule has 0 spiro atoms. The number of carboxylic acids is 1. The number of carbonyl (C=O) groups is 1. The monoisotopic (exact) mass is 300 g/mol. The summed E-state index contributed by atoms with van der Waals surface area (Å²) >= 11 is 5.81. The Labute approximate surface area is 111 Å². The summed E-state index contributed by atoms with van der Waals surface area (Å²) in [6.45, 7) is 4.06. The van der Waals surface area contributed by atoms with Crippen molar-refractivity contribution in [3.8, 4) is 0 Å². The largest absolute Gasteiger partial charge is 0.490 e. The van der Waals surface area contributed by atoms with Gasteiger partial charge in [0.15, 0.2) is 11.0 Å². The Hall–Kier alpha value is -1.61. The van der Waals surface area contributed by atoms with Gasteiger partial charge in [-0.3, -0.25) is 0 Å². The fourth-order valence-electron chi connectivity index (χ4n) is 0.867. The molecule has 1 aromatic rings. The summed E-state index contributed by atoms with van der Waals surface area (Å²) in [6, 6.07) is 1.79. The molecular formula is C9H12ClF3N4O2. The van der Waals surface area contributed by atoms with Crippen LogP contribution < -0.4 is 11.3 Å².